The molecule has 1 atom stereocenters. The fourth-order valence-corrected chi connectivity index (χ4v) is 3.43. The van der Waals surface area contributed by atoms with Crippen LogP contribution in [0.3, 0.4) is 0 Å². The van der Waals surface area contributed by atoms with Gasteiger partial charge in [-0.2, -0.15) is 0 Å². The molecule has 4 rings (SSSR count). The Morgan fingerprint density at radius 1 is 1.18 bits per heavy atom. The van der Waals surface area contributed by atoms with Crippen LogP contribution in [-0.4, -0.2) is 30.8 Å². The summed E-state index contributed by atoms with van der Waals surface area (Å²) in [6, 6.07) is 9.46. The predicted molar refractivity (Wildman–Crippen MR) is 120 cm³/mol. The van der Waals surface area contributed by atoms with Crippen LogP contribution >= 0.6 is 0 Å². The molecule has 0 amide bonds. The number of esters is 1. The van der Waals surface area contributed by atoms with Gasteiger partial charge in [0.15, 0.2) is 11.9 Å². The fraction of sp³-hybridized carbons (Fsp3) is 0.217. The Morgan fingerprint density at radius 3 is 2.56 bits per heavy atom. The molecule has 0 saturated heterocycles. The number of non-ortho nitro benzene ring substituents is 1. The number of hydrogen-bond donors (Lipinski definition) is 0. The first-order chi connectivity index (χ1) is 16.2. The van der Waals surface area contributed by atoms with Gasteiger partial charge in [0.2, 0.25) is 5.89 Å². The van der Waals surface area contributed by atoms with Crippen LogP contribution in [0.2, 0.25) is 0 Å². The van der Waals surface area contributed by atoms with Gasteiger partial charge in [-0.3, -0.25) is 14.7 Å². The molecule has 1 aromatic carbocycles. The summed E-state index contributed by atoms with van der Waals surface area (Å²) in [6.45, 7) is 7.29. The molecule has 11 nitrogen and oxygen atoms in total. The molecule has 0 aliphatic rings. The molecule has 0 aliphatic heterocycles. The van der Waals surface area contributed by atoms with E-state index in [9.17, 15) is 14.9 Å². The highest BCUT2D eigenvalue weighted by Crippen LogP contribution is 2.25. The molecule has 3 heterocycles. The number of nitro groups is 1. The second kappa shape index (κ2) is 9.14. The number of benzene rings is 1. The van der Waals surface area contributed by atoms with Gasteiger partial charge < -0.3 is 13.7 Å². The third kappa shape index (κ3) is 4.63. The Morgan fingerprint density at radius 2 is 1.91 bits per heavy atom. The molecule has 0 spiro atoms. The zero-order valence-corrected chi connectivity index (χ0v) is 18.9. The molecular weight excluding hydrogens is 442 g/mol. The van der Waals surface area contributed by atoms with Gasteiger partial charge in [-0.05, 0) is 57.5 Å². The fourth-order valence-electron chi connectivity index (χ4n) is 3.43. The van der Waals surface area contributed by atoms with E-state index in [1.165, 1.54) is 30.3 Å². The van der Waals surface area contributed by atoms with E-state index in [1.807, 2.05) is 37.5 Å². The molecule has 0 fully saturated rings. The Labute approximate surface area is 193 Å². The number of carbonyl (C=O) groups is 1. The lowest BCUT2D eigenvalue weighted by Crippen LogP contribution is -2.06. The van der Waals surface area contributed by atoms with E-state index in [0.717, 1.165) is 17.0 Å². The Kier molecular flexibility index (Phi) is 6.09. The van der Waals surface area contributed by atoms with Gasteiger partial charge in [-0.1, -0.05) is 5.16 Å². The van der Waals surface area contributed by atoms with E-state index < -0.39 is 17.0 Å². The van der Waals surface area contributed by atoms with Crippen molar-refractivity contribution >= 4 is 17.7 Å². The predicted octanol–water partition coefficient (Wildman–Crippen LogP) is 4.67. The molecule has 4 aromatic rings. The largest absolute Gasteiger partial charge is 0.449 e. The maximum Gasteiger partial charge on any atom is 0.331 e. The first-order valence-corrected chi connectivity index (χ1v) is 10.3. The van der Waals surface area contributed by atoms with E-state index >= 15 is 0 Å². The van der Waals surface area contributed by atoms with Crippen molar-refractivity contribution in [2.24, 2.45) is 0 Å². The first-order valence-electron chi connectivity index (χ1n) is 10.3. The number of aryl methyl sites for hydroxylation is 2. The maximum absolute atomic E-state index is 12.4. The minimum Gasteiger partial charge on any atom is -0.449 e. The molecule has 0 radical (unpaired) electrons. The van der Waals surface area contributed by atoms with Gasteiger partial charge in [0.25, 0.3) is 11.6 Å². The number of aromatic nitrogens is 4. The van der Waals surface area contributed by atoms with E-state index in [0.29, 0.717) is 17.1 Å². The Balaban J connectivity index is 1.42. The van der Waals surface area contributed by atoms with Crippen LogP contribution in [0.25, 0.3) is 23.3 Å². The summed E-state index contributed by atoms with van der Waals surface area (Å²) in [5.41, 5.74) is 3.14. The third-order valence-electron chi connectivity index (χ3n) is 5.12. The van der Waals surface area contributed by atoms with Gasteiger partial charge in [0.1, 0.15) is 5.76 Å². The van der Waals surface area contributed by atoms with Crippen molar-refractivity contribution in [3.8, 4) is 17.3 Å². The summed E-state index contributed by atoms with van der Waals surface area (Å²) in [4.78, 5) is 22.6. The zero-order valence-electron chi connectivity index (χ0n) is 18.9. The van der Waals surface area contributed by atoms with Gasteiger partial charge in [0.05, 0.1) is 4.92 Å². The van der Waals surface area contributed by atoms with Crippen molar-refractivity contribution in [3.05, 3.63) is 81.2 Å². The van der Waals surface area contributed by atoms with Crippen LogP contribution in [0.5, 0.6) is 0 Å². The topological polar surface area (TPSA) is 139 Å². The number of nitrogens with zero attached hydrogens (tertiary/aromatic N) is 5. The lowest BCUT2D eigenvalue weighted by Gasteiger charge is -2.07. The van der Waals surface area contributed by atoms with Gasteiger partial charge in [-0.25, -0.2) is 4.79 Å². The summed E-state index contributed by atoms with van der Waals surface area (Å²) < 4.78 is 18.0. The second-order valence-corrected chi connectivity index (χ2v) is 7.62. The first kappa shape index (κ1) is 22.6. The Bertz CT molecular complexity index is 1380. The maximum atomic E-state index is 12.4. The van der Waals surface area contributed by atoms with Crippen LogP contribution in [0.1, 0.15) is 41.6 Å². The molecule has 174 valence electrons. The quantitative estimate of drug-likeness (QED) is 0.165. The number of ether oxygens (including phenoxy) is 1. The van der Waals surface area contributed by atoms with Crippen LogP contribution in [0.4, 0.5) is 5.69 Å². The highest BCUT2D eigenvalue weighted by Gasteiger charge is 2.19. The summed E-state index contributed by atoms with van der Waals surface area (Å²) in [6.07, 6.45) is 2.20. The molecule has 0 aliphatic carbocycles. The lowest BCUT2D eigenvalue weighted by atomic mass is 10.2. The summed E-state index contributed by atoms with van der Waals surface area (Å²) in [5, 5.41) is 22.7. The van der Waals surface area contributed by atoms with E-state index in [-0.39, 0.29) is 17.5 Å². The minimum atomic E-state index is -0.790. The van der Waals surface area contributed by atoms with Crippen molar-refractivity contribution < 1.29 is 23.4 Å². The third-order valence-corrected chi connectivity index (χ3v) is 5.12. The summed E-state index contributed by atoms with van der Waals surface area (Å²) in [5.74, 6) is 1.07. The molecule has 3 aromatic heterocycles. The summed E-state index contributed by atoms with van der Waals surface area (Å²) in [7, 11) is 0. The van der Waals surface area contributed by atoms with Gasteiger partial charge in [0, 0.05) is 41.2 Å². The van der Waals surface area contributed by atoms with Crippen LogP contribution < -0.4 is 0 Å². The zero-order chi connectivity index (χ0) is 24.4. The minimum absolute atomic E-state index is 0.0468. The average Bonchev–Trinajstić information content (AvgIpc) is 3.52. The van der Waals surface area contributed by atoms with Crippen LogP contribution in [0.15, 0.2) is 51.4 Å². The summed E-state index contributed by atoms with van der Waals surface area (Å²) >= 11 is 0. The monoisotopic (exact) mass is 463 g/mol. The highest BCUT2D eigenvalue weighted by atomic mass is 16.6. The van der Waals surface area contributed by atoms with Crippen LogP contribution in [0, 0.1) is 30.9 Å². The number of nitro benzene ring substituents is 1. The lowest BCUT2D eigenvalue weighted by molar-refractivity contribution is -0.384. The second-order valence-electron chi connectivity index (χ2n) is 7.62. The molecular formula is C23H21N5O6. The van der Waals surface area contributed by atoms with Crippen LogP contribution in [-0.2, 0) is 9.53 Å². The smallest absolute Gasteiger partial charge is 0.331 e. The van der Waals surface area contributed by atoms with E-state index in [2.05, 4.69) is 15.4 Å². The average molecular weight is 463 g/mol. The van der Waals surface area contributed by atoms with E-state index in [4.69, 9.17) is 13.7 Å². The molecule has 0 bridgehead atoms. The normalized spacial score (nSPS) is 12.2. The van der Waals surface area contributed by atoms with Crippen molar-refractivity contribution in [1.82, 2.24) is 19.9 Å². The highest BCUT2D eigenvalue weighted by molar-refractivity contribution is 5.87. The van der Waals surface area contributed by atoms with Crippen molar-refractivity contribution in [2.75, 3.05) is 0 Å². The molecule has 34 heavy (non-hydrogen) atoms. The molecule has 11 heteroatoms. The van der Waals surface area contributed by atoms with Gasteiger partial charge >= 0.3 is 5.97 Å². The number of carbonyl (C=O) groups excluding carboxylic acids is 1. The van der Waals surface area contributed by atoms with Crippen molar-refractivity contribution in [3.63, 3.8) is 0 Å². The standard InChI is InChI=1S/C23H21N5O6/c1-13-11-18(15(3)27(13)20-12-14(2)34-26-20)7-10-21(29)32-16(4)22-24-25-23(33-22)17-5-8-19(9-6-17)28(30)31/h5-12,16H,1-4H3/b10-7+. The number of hydrogen-bond acceptors (Lipinski definition) is 9. The van der Waals surface area contributed by atoms with Crippen molar-refractivity contribution in [1.29, 1.82) is 0 Å². The molecule has 0 N–H and O–H groups in total. The SMILES string of the molecule is Cc1cc(-n2c(C)cc(/C=C/C(=O)OC(C)c3nnc(-c4ccc([N+](=O)[O-])cc4)o3)c2C)no1. The molecule has 0 saturated carbocycles. The van der Waals surface area contributed by atoms with Gasteiger partial charge in [-0.15, -0.1) is 10.2 Å². The van der Waals surface area contributed by atoms with Crippen molar-refractivity contribution in [2.45, 2.75) is 33.8 Å². The van der Waals surface area contributed by atoms with E-state index in [1.54, 1.807) is 13.0 Å². The molecule has 1 unspecified atom stereocenters. The number of rotatable bonds is 7. The Hall–Kier alpha value is -4.54.